The van der Waals surface area contributed by atoms with Gasteiger partial charge < -0.3 is 18.6 Å². The lowest BCUT2D eigenvalue weighted by Crippen LogP contribution is -2.43. The number of amides is 2. The van der Waals surface area contributed by atoms with Crippen molar-refractivity contribution in [1.29, 1.82) is 0 Å². The Morgan fingerprint density at radius 1 is 0.828 bits per heavy atom. The Kier molecular flexibility index (Phi) is 5.68. The van der Waals surface area contributed by atoms with E-state index in [-0.39, 0.29) is 11.1 Å². The van der Waals surface area contributed by atoms with Gasteiger partial charge >= 0.3 is 5.63 Å². The molecule has 0 aliphatic rings. The first-order chi connectivity index (χ1) is 14.0. The van der Waals surface area contributed by atoms with Crippen molar-refractivity contribution in [3.05, 3.63) is 64.0 Å². The Hall–Kier alpha value is -4.01. The molecule has 150 valence electrons. The summed E-state index contributed by atoms with van der Waals surface area (Å²) in [5, 5.41) is 0.500. The Labute approximate surface area is 165 Å². The summed E-state index contributed by atoms with van der Waals surface area (Å²) in [7, 11) is 4.41. The van der Waals surface area contributed by atoms with Crippen LogP contribution >= 0.6 is 0 Å². The number of benzene rings is 2. The number of carbonyl (C=O) groups excluding carboxylic acids is 2. The predicted octanol–water partition coefficient (Wildman–Crippen LogP) is 1.89. The molecule has 29 heavy (non-hydrogen) atoms. The fourth-order valence-electron chi connectivity index (χ4n) is 2.62. The Morgan fingerprint density at radius 2 is 1.55 bits per heavy atom. The van der Waals surface area contributed by atoms with E-state index in [1.54, 1.807) is 24.3 Å². The molecule has 9 heteroatoms. The molecule has 0 aliphatic heterocycles. The topological polar surface area (TPSA) is 116 Å². The van der Waals surface area contributed by atoms with Crippen molar-refractivity contribution < 1.29 is 28.2 Å². The number of hydrazine groups is 1. The molecule has 0 unspecified atom stereocenters. The molecule has 1 heterocycles. The number of rotatable bonds is 5. The van der Waals surface area contributed by atoms with Crippen LogP contribution in [0.2, 0.25) is 0 Å². The first-order valence-electron chi connectivity index (χ1n) is 8.41. The molecule has 3 aromatic rings. The summed E-state index contributed by atoms with van der Waals surface area (Å²) in [6.45, 7) is 0. The highest BCUT2D eigenvalue weighted by Crippen LogP contribution is 2.27. The molecule has 0 atom stereocenters. The second kappa shape index (κ2) is 8.34. The highest BCUT2D eigenvalue weighted by Gasteiger charge is 2.16. The van der Waals surface area contributed by atoms with Crippen LogP contribution in [0.15, 0.2) is 51.7 Å². The average molecular weight is 398 g/mol. The van der Waals surface area contributed by atoms with E-state index < -0.39 is 17.4 Å². The number of carbonyl (C=O) groups is 2. The molecule has 0 saturated heterocycles. The number of hydrogen-bond acceptors (Lipinski definition) is 7. The number of nitrogens with one attached hydrogen (secondary N) is 2. The van der Waals surface area contributed by atoms with Crippen LogP contribution in [-0.4, -0.2) is 33.1 Å². The minimum Gasteiger partial charge on any atom is -0.497 e. The maximum absolute atomic E-state index is 12.4. The molecule has 2 N–H and O–H groups in total. The summed E-state index contributed by atoms with van der Waals surface area (Å²) in [5.74, 6) is -0.0733. The van der Waals surface area contributed by atoms with Gasteiger partial charge in [0.15, 0.2) is 11.5 Å². The molecule has 0 spiro atoms. The zero-order chi connectivity index (χ0) is 21.0. The lowest BCUT2D eigenvalue weighted by Gasteiger charge is -2.10. The molecule has 0 fully saturated rings. The van der Waals surface area contributed by atoms with Gasteiger partial charge in [0.1, 0.15) is 16.9 Å². The van der Waals surface area contributed by atoms with E-state index in [0.717, 1.165) is 0 Å². The van der Waals surface area contributed by atoms with E-state index in [2.05, 4.69) is 10.9 Å². The lowest BCUT2D eigenvalue weighted by atomic mass is 10.1. The third-order valence-corrected chi connectivity index (χ3v) is 4.12. The number of methoxy groups -OCH3 is 3. The van der Waals surface area contributed by atoms with Crippen molar-refractivity contribution in [3.8, 4) is 17.2 Å². The molecule has 2 aromatic carbocycles. The Balaban J connectivity index is 1.77. The summed E-state index contributed by atoms with van der Waals surface area (Å²) in [5.41, 5.74) is 3.87. The van der Waals surface area contributed by atoms with Gasteiger partial charge in [-0.2, -0.15) is 0 Å². The normalized spacial score (nSPS) is 10.3. The molecular formula is C20H18N2O7. The van der Waals surface area contributed by atoms with Crippen molar-refractivity contribution in [2.45, 2.75) is 0 Å². The Bertz CT molecular complexity index is 1140. The van der Waals surface area contributed by atoms with Crippen LogP contribution in [0.4, 0.5) is 0 Å². The quantitative estimate of drug-likeness (QED) is 0.498. The fraction of sp³-hybridized carbons (Fsp3) is 0.150. The predicted molar refractivity (Wildman–Crippen MR) is 104 cm³/mol. The average Bonchev–Trinajstić information content (AvgIpc) is 2.75. The van der Waals surface area contributed by atoms with Gasteiger partial charge in [0.05, 0.1) is 21.3 Å². The first-order valence-corrected chi connectivity index (χ1v) is 8.41. The van der Waals surface area contributed by atoms with E-state index in [4.69, 9.17) is 18.6 Å². The molecule has 0 bridgehead atoms. The monoisotopic (exact) mass is 398 g/mol. The number of ether oxygens (including phenoxy) is 3. The van der Waals surface area contributed by atoms with Crippen molar-refractivity contribution in [3.63, 3.8) is 0 Å². The van der Waals surface area contributed by atoms with Gasteiger partial charge in [-0.25, -0.2) is 4.79 Å². The van der Waals surface area contributed by atoms with Crippen molar-refractivity contribution in [1.82, 2.24) is 10.9 Å². The molecule has 0 aliphatic carbocycles. The second-order valence-electron chi connectivity index (χ2n) is 5.83. The third kappa shape index (κ3) is 4.13. The van der Waals surface area contributed by atoms with Gasteiger partial charge in [-0.15, -0.1) is 0 Å². The van der Waals surface area contributed by atoms with E-state index in [9.17, 15) is 14.4 Å². The summed E-state index contributed by atoms with van der Waals surface area (Å²) in [6.07, 6.45) is 0. The van der Waals surface area contributed by atoms with E-state index in [1.165, 1.54) is 39.5 Å². The zero-order valence-corrected chi connectivity index (χ0v) is 15.9. The third-order valence-electron chi connectivity index (χ3n) is 4.12. The smallest absolute Gasteiger partial charge is 0.349 e. The first kappa shape index (κ1) is 19.7. The molecule has 1 aromatic heterocycles. The van der Waals surface area contributed by atoms with Crippen LogP contribution in [0.5, 0.6) is 17.2 Å². The van der Waals surface area contributed by atoms with Crippen LogP contribution in [0.25, 0.3) is 11.0 Å². The van der Waals surface area contributed by atoms with Crippen LogP contribution in [0.1, 0.15) is 20.7 Å². The molecule has 9 nitrogen and oxygen atoms in total. The molecular weight excluding hydrogens is 380 g/mol. The van der Waals surface area contributed by atoms with Crippen LogP contribution < -0.4 is 30.7 Å². The van der Waals surface area contributed by atoms with Gasteiger partial charge in [-0.3, -0.25) is 20.4 Å². The van der Waals surface area contributed by atoms with Crippen molar-refractivity contribution >= 4 is 22.8 Å². The summed E-state index contributed by atoms with van der Waals surface area (Å²) < 4.78 is 20.5. The van der Waals surface area contributed by atoms with Crippen molar-refractivity contribution in [2.24, 2.45) is 0 Å². The summed E-state index contributed by atoms with van der Waals surface area (Å²) in [6, 6.07) is 10.7. The fourth-order valence-corrected chi connectivity index (χ4v) is 2.62. The van der Waals surface area contributed by atoms with Crippen LogP contribution in [0.3, 0.4) is 0 Å². The minimum absolute atomic E-state index is 0.221. The van der Waals surface area contributed by atoms with Gasteiger partial charge in [0, 0.05) is 10.9 Å². The summed E-state index contributed by atoms with van der Waals surface area (Å²) in [4.78, 5) is 36.7. The molecule has 2 amide bonds. The van der Waals surface area contributed by atoms with Gasteiger partial charge in [0.25, 0.3) is 11.8 Å². The summed E-state index contributed by atoms with van der Waals surface area (Å²) >= 11 is 0. The van der Waals surface area contributed by atoms with Crippen LogP contribution in [-0.2, 0) is 0 Å². The van der Waals surface area contributed by atoms with Gasteiger partial charge in [-0.1, -0.05) is 0 Å². The van der Waals surface area contributed by atoms with Gasteiger partial charge in [-0.05, 0) is 42.5 Å². The van der Waals surface area contributed by atoms with E-state index in [1.807, 2.05) is 0 Å². The molecule has 0 saturated carbocycles. The minimum atomic E-state index is -0.833. The molecule has 3 rings (SSSR count). The second-order valence-corrected chi connectivity index (χ2v) is 5.83. The highest BCUT2D eigenvalue weighted by atomic mass is 16.5. The highest BCUT2D eigenvalue weighted by molar-refractivity contribution is 6.00. The maximum Gasteiger partial charge on any atom is 0.349 e. The number of hydrogen-bond donors (Lipinski definition) is 2. The number of fused-ring (bicyclic) bond motifs is 1. The van der Waals surface area contributed by atoms with E-state index >= 15 is 0 Å². The lowest BCUT2D eigenvalue weighted by molar-refractivity contribution is 0.0844. The SMILES string of the molecule is COc1ccc2oc(=O)c(C(=O)NNC(=O)c3ccc(OC)c(OC)c3)cc2c1. The van der Waals surface area contributed by atoms with Crippen molar-refractivity contribution in [2.75, 3.05) is 21.3 Å². The Morgan fingerprint density at radius 3 is 2.24 bits per heavy atom. The largest absolute Gasteiger partial charge is 0.497 e. The van der Waals surface area contributed by atoms with Crippen LogP contribution in [0, 0.1) is 0 Å². The standard InChI is InChI=1S/C20H18N2O7/c1-26-13-5-7-15-12(8-13)9-14(20(25)29-15)19(24)22-21-18(23)11-4-6-16(27-2)17(10-11)28-3/h4-10H,1-3H3,(H,21,23)(H,22,24). The zero-order valence-electron chi connectivity index (χ0n) is 15.9. The molecule has 0 radical (unpaired) electrons. The van der Waals surface area contributed by atoms with E-state index in [0.29, 0.717) is 28.2 Å². The maximum atomic E-state index is 12.4. The van der Waals surface area contributed by atoms with Gasteiger partial charge in [0.2, 0.25) is 0 Å².